The molecule has 0 radical (unpaired) electrons. The van der Waals surface area contributed by atoms with Gasteiger partial charge in [0.1, 0.15) is 13.1 Å². The van der Waals surface area contributed by atoms with Gasteiger partial charge in [0.05, 0.1) is 13.1 Å². The van der Waals surface area contributed by atoms with Crippen molar-refractivity contribution in [2.75, 3.05) is 26.2 Å². The Bertz CT molecular complexity index is 466. The number of nitrogens with zero attached hydrogens (tertiary/aromatic N) is 3. The summed E-state index contributed by atoms with van der Waals surface area (Å²) in [6.07, 6.45) is 5.84. The van der Waals surface area contributed by atoms with Gasteiger partial charge in [-0.25, -0.2) is 24.2 Å². The van der Waals surface area contributed by atoms with E-state index in [1.54, 1.807) is 0 Å². The molecule has 0 aromatic carbocycles. The molecule has 6 amide bonds. The fraction of sp³-hybridized carbons (Fsp3) is 0.267. The van der Waals surface area contributed by atoms with E-state index in [1.807, 2.05) is 0 Å². The van der Waals surface area contributed by atoms with E-state index in [4.69, 9.17) is 0 Å². The first-order chi connectivity index (χ1) is 9.99. The molecule has 6 heteroatoms. The Morgan fingerprint density at radius 1 is 0.762 bits per heavy atom. The van der Waals surface area contributed by atoms with Crippen LogP contribution in [0.2, 0.25) is 0 Å². The highest BCUT2D eigenvalue weighted by Gasteiger charge is 2.56. The monoisotopic (exact) mass is 290 g/mol. The molecule has 112 valence electrons. The molecule has 1 aliphatic heterocycles. The minimum atomic E-state index is -0.660. The van der Waals surface area contributed by atoms with Crippen LogP contribution in [0.3, 0.4) is 0 Å². The molecule has 1 aliphatic rings. The van der Waals surface area contributed by atoms with Crippen molar-refractivity contribution in [1.82, 2.24) is 9.80 Å². The van der Waals surface area contributed by atoms with Crippen molar-refractivity contribution in [3.8, 4) is 0 Å². The maximum Gasteiger partial charge on any atom is 0.437 e. The fourth-order valence-corrected chi connectivity index (χ4v) is 2.25. The summed E-state index contributed by atoms with van der Waals surface area (Å²) in [6, 6.07) is -1.85. The lowest BCUT2D eigenvalue weighted by Crippen LogP contribution is -2.73. The van der Waals surface area contributed by atoms with Crippen molar-refractivity contribution < 1.29 is 18.9 Å². The second-order valence-electron chi connectivity index (χ2n) is 4.56. The second-order valence-corrected chi connectivity index (χ2v) is 4.56. The third-order valence-electron chi connectivity index (χ3n) is 3.16. The number of urea groups is 3. The largest absolute Gasteiger partial charge is 0.437 e. The molecule has 0 aliphatic carbocycles. The van der Waals surface area contributed by atoms with Crippen LogP contribution in [0.15, 0.2) is 50.6 Å². The van der Waals surface area contributed by atoms with E-state index in [-0.39, 0.29) is 26.2 Å². The van der Waals surface area contributed by atoms with Crippen LogP contribution < -0.4 is 0 Å². The number of carbonyl (C=O) groups excluding carboxylic acids is 3. The molecule has 0 bridgehead atoms. The van der Waals surface area contributed by atoms with Crippen LogP contribution in [-0.4, -0.2) is 58.6 Å². The second kappa shape index (κ2) is 6.81. The highest BCUT2D eigenvalue weighted by Crippen LogP contribution is 2.24. The minimum Gasteiger partial charge on any atom is -0.247 e. The summed E-state index contributed by atoms with van der Waals surface area (Å²) in [7, 11) is 0. The van der Waals surface area contributed by atoms with Crippen LogP contribution in [0.25, 0.3) is 0 Å². The molecule has 0 saturated carbocycles. The van der Waals surface area contributed by atoms with Crippen LogP contribution in [0, 0.1) is 0 Å². The van der Waals surface area contributed by atoms with E-state index in [1.165, 1.54) is 24.3 Å². The number of hydrogen-bond acceptors (Lipinski definition) is 3. The zero-order valence-corrected chi connectivity index (χ0v) is 12.0. The van der Waals surface area contributed by atoms with Crippen molar-refractivity contribution in [2.45, 2.75) is 0 Å². The average molecular weight is 290 g/mol. The molecule has 0 unspecified atom stereocenters. The van der Waals surface area contributed by atoms with Gasteiger partial charge < -0.3 is 0 Å². The molecule has 0 aromatic rings. The predicted molar refractivity (Wildman–Crippen MR) is 80.4 cm³/mol. The molecular weight excluding hydrogens is 270 g/mol. The lowest BCUT2D eigenvalue weighted by atomic mass is 10.3. The summed E-state index contributed by atoms with van der Waals surface area (Å²) in [6.45, 7) is 14.5. The lowest BCUT2D eigenvalue weighted by Gasteiger charge is -2.42. The van der Waals surface area contributed by atoms with Gasteiger partial charge >= 0.3 is 18.1 Å². The smallest absolute Gasteiger partial charge is 0.247 e. The van der Waals surface area contributed by atoms with Crippen molar-refractivity contribution in [2.24, 2.45) is 0 Å². The van der Waals surface area contributed by atoms with E-state index in [2.05, 4.69) is 26.3 Å². The maximum absolute atomic E-state index is 12.6. The zero-order valence-electron chi connectivity index (χ0n) is 12.0. The van der Waals surface area contributed by atoms with Gasteiger partial charge in [0.2, 0.25) is 0 Å². The van der Waals surface area contributed by atoms with Crippen LogP contribution in [0.1, 0.15) is 0 Å². The Labute approximate surface area is 124 Å². The first-order valence-electron chi connectivity index (χ1n) is 6.48. The van der Waals surface area contributed by atoms with Gasteiger partial charge in [-0.15, -0.1) is 13.2 Å². The van der Waals surface area contributed by atoms with Crippen molar-refractivity contribution in [1.29, 1.82) is 0 Å². The van der Waals surface area contributed by atoms with E-state index < -0.39 is 22.6 Å². The van der Waals surface area contributed by atoms with Gasteiger partial charge in [-0.1, -0.05) is 25.3 Å². The standard InChI is InChI=1S/C15H20N3O3/c1-5-9-16-13(19)17(10-6-2)15(21)18(11-7-3,12-8-4)14(16)20/h5-8H,1-4,9-12H2/q+1. The number of hydrogen-bond donors (Lipinski definition) is 0. The Kier molecular flexibility index (Phi) is 5.37. The van der Waals surface area contributed by atoms with Crippen molar-refractivity contribution in [3.05, 3.63) is 50.6 Å². The van der Waals surface area contributed by atoms with Gasteiger partial charge in [0.15, 0.2) is 0 Å². The summed E-state index contributed by atoms with van der Waals surface area (Å²) < 4.78 is -0.569. The predicted octanol–water partition coefficient (Wildman–Crippen LogP) is 2.52. The number of carbonyl (C=O) groups is 3. The first kappa shape index (κ1) is 16.6. The Morgan fingerprint density at radius 3 is 1.43 bits per heavy atom. The number of quaternary nitrogens is 1. The lowest BCUT2D eigenvalue weighted by molar-refractivity contribution is -0.764. The summed E-state index contributed by atoms with van der Waals surface area (Å²) in [5, 5.41) is 0. The summed E-state index contributed by atoms with van der Waals surface area (Å²) in [4.78, 5) is 39.6. The number of imide groups is 3. The molecule has 0 N–H and O–H groups in total. The van der Waals surface area contributed by atoms with Crippen LogP contribution in [0.5, 0.6) is 0 Å². The molecule has 1 heterocycles. The van der Waals surface area contributed by atoms with Crippen LogP contribution >= 0.6 is 0 Å². The molecule has 1 saturated heterocycles. The highest BCUT2D eigenvalue weighted by atomic mass is 16.2. The van der Waals surface area contributed by atoms with Crippen molar-refractivity contribution >= 4 is 18.1 Å². The highest BCUT2D eigenvalue weighted by molar-refractivity contribution is 6.06. The summed E-state index contributed by atoms with van der Waals surface area (Å²) >= 11 is 0. The number of amides is 6. The van der Waals surface area contributed by atoms with Crippen LogP contribution in [-0.2, 0) is 0 Å². The average Bonchev–Trinajstić information content (AvgIpc) is 2.46. The minimum absolute atomic E-state index is 0.0346. The summed E-state index contributed by atoms with van der Waals surface area (Å²) in [5.74, 6) is 0. The molecule has 21 heavy (non-hydrogen) atoms. The van der Waals surface area contributed by atoms with E-state index in [0.29, 0.717) is 0 Å². The molecule has 0 atom stereocenters. The Morgan fingerprint density at radius 2 is 1.14 bits per heavy atom. The Balaban J connectivity index is 3.40. The number of rotatable bonds is 8. The third kappa shape index (κ3) is 2.71. The van der Waals surface area contributed by atoms with Gasteiger partial charge in [0, 0.05) is 0 Å². The molecule has 1 fully saturated rings. The first-order valence-corrected chi connectivity index (χ1v) is 6.48. The fourth-order valence-electron chi connectivity index (χ4n) is 2.25. The third-order valence-corrected chi connectivity index (χ3v) is 3.16. The van der Waals surface area contributed by atoms with Gasteiger partial charge in [0.25, 0.3) is 0 Å². The maximum atomic E-state index is 12.6. The molecule has 1 rings (SSSR count). The SMILES string of the molecule is C=CCN1C(=O)N(CC=C)C(=O)[N+](CC=C)(CC=C)C1=O. The van der Waals surface area contributed by atoms with E-state index >= 15 is 0 Å². The van der Waals surface area contributed by atoms with Gasteiger partial charge in [-0.3, -0.25) is 0 Å². The summed E-state index contributed by atoms with van der Waals surface area (Å²) in [5.41, 5.74) is 0. The normalized spacial score (nSPS) is 17.6. The van der Waals surface area contributed by atoms with Gasteiger partial charge in [-0.05, 0) is 12.2 Å². The quantitative estimate of drug-likeness (QED) is 0.510. The van der Waals surface area contributed by atoms with E-state index in [0.717, 1.165) is 9.80 Å². The van der Waals surface area contributed by atoms with Gasteiger partial charge in [-0.2, -0.15) is 4.48 Å². The van der Waals surface area contributed by atoms with Crippen molar-refractivity contribution in [3.63, 3.8) is 0 Å². The van der Waals surface area contributed by atoms with Crippen LogP contribution in [0.4, 0.5) is 14.4 Å². The molecule has 0 spiro atoms. The van der Waals surface area contributed by atoms with E-state index in [9.17, 15) is 14.4 Å². The molecule has 0 aromatic heterocycles. The topological polar surface area (TPSA) is 57.7 Å². The Hall–Kier alpha value is -2.47. The zero-order chi connectivity index (χ0) is 16.0. The molecular formula is C15H20N3O3+. The molecule has 6 nitrogen and oxygen atoms in total.